The minimum absolute atomic E-state index is 0.127. The number of nitrogens with one attached hydrogen (secondary N) is 3. The highest BCUT2D eigenvalue weighted by atomic mass is 32.1. The fraction of sp³-hybridized carbons (Fsp3) is 0.316. The van der Waals surface area contributed by atoms with Gasteiger partial charge in [0.15, 0.2) is 0 Å². The summed E-state index contributed by atoms with van der Waals surface area (Å²) in [4.78, 5) is 22.8. The molecule has 2 amide bonds. The van der Waals surface area contributed by atoms with E-state index in [9.17, 15) is 9.59 Å². The second-order valence-electron chi connectivity index (χ2n) is 6.40. The number of carbonyl (C=O) groups excluding carboxylic acids is 2. The van der Waals surface area contributed by atoms with Crippen molar-refractivity contribution in [3.8, 4) is 0 Å². The van der Waals surface area contributed by atoms with Crippen molar-refractivity contribution in [1.29, 1.82) is 0 Å². The molecule has 0 bridgehead atoms. The van der Waals surface area contributed by atoms with Gasteiger partial charge in [0.25, 0.3) is 0 Å². The van der Waals surface area contributed by atoms with Gasteiger partial charge in [0.1, 0.15) is 10.0 Å². The third kappa shape index (κ3) is 6.36. The Hall–Kier alpha value is -3.25. The standard InChI is InChI=1S/C19H22N8O2S2/c1-3-7-12-13(4-2)22-23-14(12)10-15(29)21-19-27-25-17(31-19)9-6-5-8-16-24-26-18(30-16)20-11-28/h3-4,7,11H,2,5-6,8-10H2,1H3,(H,22,23)(H,20,26,28)(H,21,27,29)/b7-3-. The molecule has 3 heterocycles. The van der Waals surface area contributed by atoms with E-state index in [1.54, 1.807) is 6.08 Å². The summed E-state index contributed by atoms with van der Waals surface area (Å²) in [6, 6.07) is 0. The molecule has 0 spiro atoms. The van der Waals surface area contributed by atoms with Crippen LogP contribution < -0.4 is 10.6 Å². The van der Waals surface area contributed by atoms with Crippen LogP contribution in [0.15, 0.2) is 12.7 Å². The van der Waals surface area contributed by atoms with Crippen LogP contribution in [0.1, 0.15) is 46.7 Å². The molecule has 0 aliphatic rings. The molecule has 3 rings (SSSR count). The summed E-state index contributed by atoms with van der Waals surface area (Å²) in [7, 11) is 0. The van der Waals surface area contributed by atoms with Crippen molar-refractivity contribution in [3.05, 3.63) is 39.6 Å². The van der Waals surface area contributed by atoms with Crippen LogP contribution >= 0.6 is 22.7 Å². The maximum Gasteiger partial charge on any atom is 0.232 e. The quantitative estimate of drug-likeness (QED) is 0.280. The first-order chi connectivity index (χ1) is 15.1. The smallest absolute Gasteiger partial charge is 0.232 e. The topological polar surface area (TPSA) is 138 Å². The number of amides is 2. The zero-order valence-corrected chi connectivity index (χ0v) is 18.6. The van der Waals surface area contributed by atoms with Gasteiger partial charge in [-0.15, -0.1) is 20.4 Å². The van der Waals surface area contributed by atoms with Gasteiger partial charge in [-0.05, 0) is 25.8 Å². The summed E-state index contributed by atoms with van der Waals surface area (Å²) in [5, 5.41) is 31.2. The Morgan fingerprint density at radius 3 is 2.42 bits per heavy atom. The van der Waals surface area contributed by atoms with Crippen LogP contribution in [-0.2, 0) is 28.9 Å². The van der Waals surface area contributed by atoms with Gasteiger partial charge in [-0.25, -0.2) is 0 Å². The number of hydrogen-bond acceptors (Lipinski definition) is 9. The van der Waals surface area contributed by atoms with Crippen molar-refractivity contribution in [2.24, 2.45) is 0 Å². The number of H-pyrrole nitrogens is 1. The Bertz CT molecular complexity index is 1070. The highest BCUT2D eigenvalue weighted by molar-refractivity contribution is 7.15. The maximum atomic E-state index is 12.4. The van der Waals surface area contributed by atoms with E-state index in [0.717, 1.165) is 47.0 Å². The predicted octanol–water partition coefficient (Wildman–Crippen LogP) is 3.10. The van der Waals surface area contributed by atoms with E-state index >= 15 is 0 Å². The molecule has 0 aliphatic heterocycles. The van der Waals surface area contributed by atoms with Gasteiger partial charge in [0, 0.05) is 18.4 Å². The fourth-order valence-corrected chi connectivity index (χ4v) is 4.32. The second kappa shape index (κ2) is 11.2. The number of aromatic amines is 1. The molecule has 0 saturated heterocycles. The lowest BCUT2D eigenvalue weighted by Crippen LogP contribution is -2.15. The Balaban J connectivity index is 1.45. The molecule has 0 unspecified atom stereocenters. The number of unbranched alkanes of at least 4 members (excludes halogenated alkanes) is 1. The third-order valence-electron chi connectivity index (χ3n) is 4.17. The highest BCUT2D eigenvalue weighted by Crippen LogP contribution is 2.21. The van der Waals surface area contributed by atoms with Gasteiger partial charge in [-0.2, -0.15) is 5.10 Å². The molecule has 0 radical (unpaired) electrons. The number of hydrogen-bond donors (Lipinski definition) is 3. The van der Waals surface area contributed by atoms with Crippen LogP contribution in [0.5, 0.6) is 0 Å². The molecule has 3 N–H and O–H groups in total. The van der Waals surface area contributed by atoms with Gasteiger partial charge in [-0.1, -0.05) is 41.4 Å². The van der Waals surface area contributed by atoms with Crippen LogP contribution in [0.3, 0.4) is 0 Å². The number of aromatic nitrogens is 6. The van der Waals surface area contributed by atoms with Crippen molar-refractivity contribution in [2.75, 3.05) is 10.6 Å². The molecule has 0 atom stereocenters. The van der Waals surface area contributed by atoms with Crippen molar-refractivity contribution >= 4 is 57.4 Å². The fourth-order valence-electron chi connectivity index (χ4n) is 2.78. The zero-order chi connectivity index (χ0) is 22.1. The summed E-state index contributed by atoms with van der Waals surface area (Å²) in [6.07, 6.45) is 9.54. The minimum atomic E-state index is -0.202. The number of aryl methyl sites for hydroxylation is 2. The number of nitrogens with zero attached hydrogens (tertiary/aromatic N) is 5. The van der Waals surface area contributed by atoms with Gasteiger partial charge >= 0.3 is 0 Å². The normalized spacial score (nSPS) is 11.0. The monoisotopic (exact) mass is 458 g/mol. The van der Waals surface area contributed by atoms with E-state index in [1.807, 2.05) is 19.1 Å². The van der Waals surface area contributed by atoms with Gasteiger partial charge < -0.3 is 10.6 Å². The van der Waals surface area contributed by atoms with E-state index in [4.69, 9.17) is 0 Å². The summed E-state index contributed by atoms with van der Waals surface area (Å²) in [5.41, 5.74) is 2.29. The molecular weight excluding hydrogens is 436 g/mol. The molecule has 0 saturated carbocycles. The highest BCUT2D eigenvalue weighted by Gasteiger charge is 2.14. The first-order valence-corrected chi connectivity index (χ1v) is 11.2. The lowest BCUT2D eigenvalue weighted by Gasteiger charge is -2.00. The third-order valence-corrected chi connectivity index (χ3v) is 5.98. The zero-order valence-electron chi connectivity index (χ0n) is 16.9. The molecule has 10 nitrogen and oxygen atoms in total. The van der Waals surface area contributed by atoms with E-state index in [-0.39, 0.29) is 12.3 Å². The number of rotatable bonds is 12. The first-order valence-electron chi connectivity index (χ1n) is 9.60. The van der Waals surface area contributed by atoms with Crippen LogP contribution in [0.25, 0.3) is 12.2 Å². The lowest BCUT2D eigenvalue weighted by atomic mass is 10.1. The summed E-state index contributed by atoms with van der Waals surface area (Å²) >= 11 is 2.73. The van der Waals surface area contributed by atoms with E-state index in [1.165, 1.54) is 22.7 Å². The van der Waals surface area contributed by atoms with Gasteiger partial charge in [0.05, 0.1) is 17.8 Å². The van der Waals surface area contributed by atoms with Gasteiger partial charge in [-0.3, -0.25) is 14.7 Å². The lowest BCUT2D eigenvalue weighted by molar-refractivity contribution is -0.115. The molecule has 3 aromatic heterocycles. The van der Waals surface area contributed by atoms with Crippen LogP contribution in [0, 0.1) is 0 Å². The van der Waals surface area contributed by atoms with Crippen LogP contribution in [-0.4, -0.2) is 42.9 Å². The van der Waals surface area contributed by atoms with Crippen LogP contribution in [0.2, 0.25) is 0 Å². The number of carbonyl (C=O) groups is 2. The average molecular weight is 459 g/mol. The van der Waals surface area contributed by atoms with Crippen molar-refractivity contribution in [1.82, 2.24) is 30.6 Å². The summed E-state index contributed by atoms with van der Waals surface area (Å²) < 4.78 is 0. The molecule has 0 aliphatic carbocycles. The van der Waals surface area contributed by atoms with E-state index in [2.05, 4.69) is 47.8 Å². The molecule has 0 fully saturated rings. The van der Waals surface area contributed by atoms with Crippen molar-refractivity contribution < 1.29 is 9.59 Å². The van der Waals surface area contributed by atoms with Crippen molar-refractivity contribution in [2.45, 2.75) is 39.0 Å². The molecule has 31 heavy (non-hydrogen) atoms. The van der Waals surface area contributed by atoms with E-state index < -0.39 is 0 Å². The Labute approximate surface area is 186 Å². The summed E-state index contributed by atoms with van der Waals surface area (Å²) in [6.45, 7) is 5.65. The summed E-state index contributed by atoms with van der Waals surface area (Å²) in [5.74, 6) is -0.202. The number of allylic oxidation sites excluding steroid dienone is 1. The first kappa shape index (κ1) is 22.4. The Morgan fingerprint density at radius 1 is 1.10 bits per heavy atom. The molecule has 162 valence electrons. The average Bonchev–Trinajstić information content (AvgIpc) is 3.47. The Morgan fingerprint density at radius 2 is 1.77 bits per heavy atom. The van der Waals surface area contributed by atoms with Crippen LogP contribution in [0.4, 0.5) is 10.3 Å². The minimum Gasteiger partial charge on any atom is -0.303 e. The van der Waals surface area contributed by atoms with E-state index in [0.29, 0.717) is 22.4 Å². The largest absolute Gasteiger partial charge is 0.303 e. The molecular formula is C19H22N8O2S2. The second-order valence-corrected chi connectivity index (χ2v) is 8.52. The van der Waals surface area contributed by atoms with Gasteiger partial charge in [0.2, 0.25) is 22.6 Å². The Kier molecular flexibility index (Phi) is 8.12. The molecule has 12 heteroatoms. The maximum absolute atomic E-state index is 12.4. The van der Waals surface area contributed by atoms with Crippen molar-refractivity contribution in [3.63, 3.8) is 0 Å². The molecule has 3 aromatic rings. The number of anilines is 2. The molecule has 0 aromatic carbocycles. The SMILES string of the molecule is C=Cc1[nH]nc(CC(=O)Nc2nnc(CCCCc3nnc(NC=O)s3)s2)c1/C=C\C. The predicted molar refractivity (Wildman–Crippen MR) is 122 cm³/mol.